The fourth-order valence-corrected chi connectivity index (χ4v) is 2.10. The number of rotatable bonds is 1. The van der Waals surface area contributed by atoms with Crippen LogP contribution in [0.25, 0.3) is 0 Å². The van der Waals surface area contributed by atoms with Gasteiger partial charge in [0.25, 0.3) is 0 Å². The molecule has 1 N–H and O–H groups in total. The highest BCUT2D eigenvalue weighted by Crippen LogP contribution is 2.26. The molecule has 1 aliphatic rings. The molecule has 1 aliphatic heterocycles. The van der Waals surface area contributed by atoms with Crippen LogP contribution in [0.3, 0.4) is 0 Å². The normalized spacial score (nSPS) is 13.8. The number of carboxylic acid groups (broad SMARTS) is 1. The molecule has 0 unspecified atom stereocenters. The van der Waals surface area contributed by atoms with E-state index >= 15 is 0 Å². The Labute approximate surface area is 134 Å². The van der Waals surface area contributed by atoms with Crippen LogP contribution < -0.4 is 4.74 Å². The van der Waals surface area contributed by atoms with Gasteiger partial charge in [-0.3, -0.25) is 0 Å². The molecule has 2 bridgehead atoms. The van der Waals surface area contributed by atoms with Gasteiger partial charge in [-0.1, -0.05) is 12.1 Å². The van der Waals surface area contributed by atoms with Crippen molar-refractivity contribution < 1.29 is 38.8 Å². The summed E-state index contributed by atoms with van der Waals surface area (Å²) in [5, 5.41) is 9.18. The Balaban J connectivity index is 2.16. The number of fused-ring (bicyclic) bond motifs is 3. The van der Waals surface area contributed by atoms with Crippen LogP contribution >= 0.6 is 0 Å². The maximum Gasteiger partial charge on any atom is 0.390 e. The van der Waals surface area contributed by atoms with E-state index in [0.717, 1.165) is 6.07 Å². The van der Waals surface area contributed by atoms with Crippen molar-refractivity contribution >= 4 is 23.9 Å². The van der Waals surface area contributed by atoms with Gasteiger partial charge in [-0.25, -0.2) is 29.0 Å². The number of hydrogen-bond donors (Lipinski definition) is 1. The van der Waals surface area contributed by atoms with Gasteiger partial charge in [0, 0.05) is 0 Å². The lowest BCUT2D eigenvalue weighted by atomic mass is 10.1. The fraction of sp³-hybridized carbons (Fsp3) is 0. The van der Waals surface area contributed by atoms with Gasteiger partial charge in [-0.05, 0) is 30.3 Å². The first kappa shape index (κ1) is 15.2. The van der Waals surface area contributed by atoms with Crippen molar-refractivity contribution in [3.63, 3.8) is 0 Å². The van der Waals surface area contributed by atoms with Crippen LogP contribution in [0.1, 0.15) is 41.4 Å². The summed E-state index contributed by atoms with van der Waals surface area (Å²) >= 11 is 0. The standard InChI is InChI=1S/C16H8O8/c17-13(18)10-5-2-6-11-12(10)16(21)24-23-15(20)9-4-1-3-8(7-9)14(19)22-11/h1-7H,(H,17,18). The number of esters is 1. The maximum atomic E-state index is 12.2. The number of aromatic carboxylic acids is 1. The summed E-state index contributed by atoms with van der Waals surface area (Å²) in [6.07, 6.45) is 0. The summed E-state index contributed by atoms with van der Waals surface area (Å²) in [4.78, 5) is 56.2. The summed E-state index contributed by atoms with van der Waals surface area (Å²) < 4.78 is 5.09. The second-order valence-electron chi connectivity index (χ2n) is 4.70. The Bertz CT molecular complexity index is 883. The molecule has 0 spiro atoms. The minimum absolute atomic E-state index is 0.0190. The van der Waals surface area contributed by atoms with Crippen LogP contribution in [-0.4, -0.2) is 29.0 Å². The molecule has 8 nitrogen and oxygen atoms in total. The predicted octanol–water partition coefficient (Wildman–Crippen LogP) is 1.85. The van der Waals surface area contributed by atoms with Crippen LogP contribution in [0.4, 0.5) is 0 Å². The lowest BCUT2D eigenvalue weighted by Gasteiger charge is -2.10. The lowest BCUT2D eigenvalue weighted by Crippen LogP contribution is -2.17. The van der Waals surface area contributed by atoms with E-state index in [0.29, 0.717) is 0 Å². The third-order valence-corrected chi connectivity index (χ3v) is 3.19. The van der Waals surface area contributed by atoms with Crippen molar-refractivity contribution in [2.24, 2.45) is 0 Å². The summed E-state index contributed by atoms with van der Waals surface area (Å²) in [5.74, 6) is -4.94. The van der Waals surface area contributed by atoms with Crippen LogP contribution in [0.2, 0.25) is 0 Å². The van der Waals surface area contributed by atoms with Crippen molar-refractivity contribution in [3.05, 3.63) is 64.7 Å². The molecule has 24 heavy (non-hydrogen) atoms. The van der Waals surface area contributed by atoms with Crippen LogP contribution in [0, 0.1) is 0 Å². The molecule has 0 radical (unpaired) electrons. The van der Waals surface area contributed by atoms with Gasteiger partial charge >= 0.3 is 23.9 Å². The highest BCUT2D eigenvalue weighted by atomic mass is 17.2. The van der Waals surface area contributed by atoms with Crippen LogP contribution in [0.15, 0.2) is 42.5 Å². The van der Waals surface area contributed by atoms with E-state index in [1.54, 1.807) is 0 Å². The molecule has 0 saturated heterocycles. The second kappa shape index (κ2) is 5.84. The zero-order valence-electron chi connectivity index (χ0n) is 11.8. The third-order valence-electron chi connectivity index (χ3n) is 3.19. The van der Waals surface area contributed by atoms with Crippen molar-refractivity contribution in [3.8, 4) is 5.75 Å². The smallest absolute Gasteiger partial charge is 0.390 e. The average molecular weight is 328 g/mol. The molecule has 0 aliphatic carbocycles. The van der Waals surface area contributed by atoms with E-state index in [9.17, 15) is 24.3 Å². The van der Waals surface area contributed by atoms with Gasteiger partial charge in [-0.15, -0.1) is 0 Å². The highest BCUT2D eigenvalue weighted by molar-refractivity contribution is 6.06. The quantitative estimate of drug-likeness (QED) is 0.479. The molecule has 0 atom stereocenters. The van der Waals surface area contributed by atoms with Crippen molar-refractivity contribution in [2.75, 3.05) is 0 Å². The number of ether oxygens (including phenoxy) is 1. The molecular formula is C16H8O8. The SMILES string of the molecule is O=C1OOC(=O)c2c(cccc2C(=O)O)OC(=O)c2cccc1c2. The largest absolute Gasteiger partial charge is 0.478 e. The monoisotopic (exact) mass is 328 g/mol. The minimum Gasteiger partial charge on any atom is -0.478 e. The van der Waals surface area contributed by atoms with E-state index in [2.05, 4.69) is 9.78 Å². The van der Waals surface area contributed by atoms with Crippen molar-refractivity contribution in [2.45, 2.75) is 0 Å². The van der Waals surface area contributed by atoms with Gasteiger partial charge in [0.05, 0.1) is 16.7 Å². The summed E-state index contributed by atoms with van der Waals surface area (Å²) in [6, 6.07) is 9.00. The number of carbonyl (C=O) groups is 4. The Morgan fingerprint density at radius 3 is 2.17 bits per heavy atom. The first-order valence-electron chi connectivity index (χ1n) is 6.59. The molecule has 2 aromatic rings. The topological polar surface area (TPSA) is 116 Å². The number of carboxylic acids is 1. The predicted molar refractivity (Wildman–Crippen MR) is 75.6 cm³/mol. The summed E-state index contributed by atoms with van der Waals surface area (Å²) in [7, 11) is 0. The Kier molecular flexibility index (Phi) is 3.70. The first-order chi connectivity index (χ1) is 11.5. The molecule has 1 heterocycles. The molecule has 0 aromatic heterocycles. The molecule has 0 saturated carbocycles. The molecule has 120 valence electrons. The lowest BCUT2D eigenvalue weighted by molar-refractivity contribution is -0.187. The Morgan fingerprint density at radius 2 is 1.46 bits per heavy atom. The third kappa shape index (κ3) is 2.68. The fourth-order valence-electron chi connectivity index (χ4n) is 2.10. The van der Waals surface area contributed by atoms with Gasteiger partial charge in [0.15, 0.2) is 0 Å². The van der Waals surface area contributed by atoms with E-state index in [-0.39, 0.29) is 16.9 Å². The first-order valence-corrected chi connectivity index (χ1v) is 6.59. The van der Waals surface area contributed by atoms with Crippen molar-refractivity contribution in [1.29, 1.82) is 0 Å². The molecule has 2 aromatic carbocycles. The minimum atomic E-state index is -1.44. The molecule has 0 amide bonds. The highest BCUT2D eigenvalue weighted by Gasteiger charge is 2.28. The van der Waals surface area contributed by atoms with Gasteiger partial charge < -0.3 is 9.84 Å². The number of carbonyl (C=O) groups excluding carboxylic acids is 3. The van der Waals surface area contributed by atoms with Crippen LogP contribution in [0.5, 0.6) is 5.75 Å². The Hall–Kier alpha value is -3.68. The number of benzene rings is 2. The van der Waals surface area contributed by atoms with E-state index < -0.39 is 35.0 Å². The van der Waals surface area contributed by atoms with E-state index in [1.165, 1.54) is 36.4 Å². The summed E-state index contributed by atoms with van der Waals surface area (Å²) in [6.45, 7) is 0. The summed E-state index contributed by atoms with van der Waals surface area (Å²) in [5.41, 5.74) is -1.03. The van der Waals surface area contributed by atoms with Gasteiger partial charge in [0.2, 0.25) is 0 Å². The number of hydrogen-bond acceptors (Lipinski definition) is 7. The van der Waals surface area contributed by atoms with Crippen LogP contribution in [-0.2, 0) is 9.78 Å². The Morgan fingerprint density at radius 1 is 0.833 bits per heavy atom. The molecule has 3 rings (SSSR count). The van der Waals surface area contributed by atoms with E-state index in [4.69, 9.17) is 4.74 Å². The maximum absolute atomic E-state index is 12.2. The van der Waals surface area contributed by atoms with Crippen molar-refractivity contribution in [1.82, 2.24) is 0 Å². The zero-order valence-corrected chi connectivity index (χ0v) is 11.8. The van der Waals surface area contributed by atoms with Gasteiger partial charge in [-0.2, -0.15) is 0 Å². The van der Waals surface area contributed by atoms with E-state index in [1.807, 2.05) is 0 Å². The second-order valence-corrected chi connectivity index (χ2v) is 4.70. The average Bonchev–Trinajstić information content (AvgIpc) is 2.59. The molecule has 8 heteroatoms. The molecule has 0 fully saturated rings. The van der Waals surface area contributed by atoms with Gasteiger partial charge in [0.1, 0.15) is 11.3 Å². The zero-order chi connectivity index (χ0) is 17.3. The molecular weight excluding hydrogens is 320 g/mol.